The second-order valence-electron chi connectivity index (χ2n) is 6.88. The van der Waals surface area contributed by atoms with E-state index in [0.717, 1.165) is 5.69 Å². The molecule has 4 heterocycles. The van der Waals surface area contributed by atoms with Crippen molar-refractivity contribution in [1.82, 2.24) is 0 Å². The molecular formula is C21H19FN2O4S2. The summed E-state index contributed by atoms with van der Waals surface area (Å²) in [5.41, 5.74) is 2.00. The molecule has 1 saturated heterocycles. The maximum absolute atomic E-state index is 15.1. The molecule has 0 spiro atoms. The summed E-state index contributed by atoms with van der Waals surface area (Å²) in [4.78, 5) is 14.7. The maximum Gasteiger partial charge on any atom is 0.204 e. The molecule has 9 heteroatoms. The highest BCUT2D eigenvalue weighted by Crippen LogP contribution is 2.43. The zero-order chi connectivity index (χ0) is 20.7. The van der Waals surface area contributed by atoms with E-state index in [-0.39, 0.29) is 5.43 Å². The first-order chi connectivity index (χ1) is 14.7. The molecule has 30 heavy (non-hydrogen) atoms. The van der Waals surface area contributed by atoms with Gasteiger partial charge in [-0.3, -0.25) is 4.79 Å². The fourth-order valence-electron chi connectivity index (χ4n) is 3.67. The van der Waals surface area contributed by atoms with Crippen molar-refractivity contribution in [3.8, 4) is 16.9 Å². The minimum Gasteiger partial charge on any atom is -0.489 e. The minimum atomic E-state index is -0.418. The number of anilines is 2. The van der Waals surface area contributed by atoms with Crippen molar-refractivity contribution in [2.45, 2.75) is 0 Å². The number of fused-ring (bicyclic) bond motifs is 2. The summed E-state index contributed by atoms with van der Waals surface area (Å²) in [6, 6.07) is 4.66. The number of hydrogen-bond donors (Lipinski definition) is 0. The summed E-state index contributed by atoms with van der Waals surface area (Å²) in [5, 5.41) is 3.50. The van der Waals surface area contributed by atoms with Crippen LogP contribution in [-0.2, 0) is 4.74 Å². The Kier molecular flexibility index (Phi) is 5.18. The first-order valence-corrected chi connectivity index (χ1v) is 11.3. The lowest BCUT2D eigenvalue weighted by molar-refractivity contribution is 0.121. The molecule has 0 atom stereocenters. The Balaban J connectivity index is 1.64. The van der Waals surface area contributed by atoms with Crippen molar-refractivity contribution in [2.75, 3.05) is 48.7 Å². The maximum atomic E-state index is 15.1. The van der Waals surface area contributed by atoms with Gasteiger partial charge < -0.3 is 23.1 Å². The Morgan fingerprint density at radius 3 is 2.77 bits per heavy atom. The predicted molar refractivity (Wildman–Crippen MR) is 119 cm³/mol. The van der Waals surface area contributed by atoms with Gasteiger partial charge in [0.15, 0.2) is 11.5 Å². The fraction of sp³-hybridized carbons (Fsp3) is 0.286. The van der Waals surface area contributed by atoms with Gasteiger partial charge in [-0.25, -0.2) is 4.39 Å². The number of ether oxygens (including phenoxy) is 2. The van der Waals surface area contributed by atoms with Gasteiger partial charge in [0.2, 0.25) is 5.43 Å². The average molecular weight is 447 g/mol. The minimum absolute atomic E-state index is 0.125. The second-order valence-corrected chi connectivity index (χ2v) is 8.74. The van der Waals surface area contributed by atoms with E-state index >= 15 is 4.39 Å². The van der Waals surface area contributed by atoms with Crippen LogP contribution < -0.4 is 19.4 Å². The molecule has 0 N–H and O–H groups in total. The van der Waals surface area contributed by atoms with Crippen molar-refractivity contribution >= 4 is 45.1 Å². The zero-order valence-electron chi connectivity index (χ0n) is 16.1. The third-order valence-corrected chi connectivity index (χ3v) is 6.87. The topological polar surface area (TPSA) is 55.2 Å². The van der Waals surface area contributed by atoms with E-state index in [1.165, 1.54) is 35.4 Å². The van der Waals surface area contributed by atoms with Crippen molar-refractivity contribution < 1.29 is 18.3 Å². The molecule has 0 unspecified atom stereocenters. The van der Waals surface area contributed by atoms with Gasteiger partial charge in [0.1, 0.15) is 22.9 Å². The lowest BCUT2D eigenvalue weighted by Crippen LogP contribution is -2.36. The Morgan fingerprint density at radius 1 is 1.13 bits per heavy atom. The van der Waals surface area contributed by atoms with E-state index in [1.54, 1.807) is 16.9 Å². The molecule has 0 amide bonds. The number of hydrogen-bond acceptors (Lipinski definition) is 8. The number of benzene rings is 1. The largest absolute Gasteiger partial charge is 0.489 e. The van der Waals surface area contributed by atoms with Crippen LogP contribution in [0, 0.1) is 5.82 Å². The summed E-state index contributed by atoms with van der Waals surface area (Å²) < 4.78 is 34.7. The van der Waals surface area contributed by atoms with Crippen LogP contribution >= 0.6 is 23.3 Å². The van der Waals surface area contributed by atoms with Crippen LogP contribution in [0.1, 0.15) is 0 Å². The number of morpholine rings is 1. The lowest BCUT2D eigenvalue weighted by atomic mass is 10.1. The molecule has 0 radical (unpaired) electrons. The lowest BCUT2D eigenvalue weighted by Gasteiger charge is -2.29. The number of rotatable bonds is 4. The first kappa shape index (κ1) is 19.5. The molecule has 1 fully saturated rings. The third-order valence-electron chi connectivity index (χ3n) is 5.11. The highest BCUT2D eigenvalue weighted by atomic mass is 32.2. The van der Waals surface area contributed by atoms with E-state index in [4.69, 9.17) is 13.9 Å². The van der Waals surface area contributed by atoms with Crippen LogP contribution in [-0.4, -0.2) is 39.5 Å². The van der Waals surface area contributed by atoms with Gasteiger partial charge in [-0.15, -0.1) is 11.3 Å². The first-order valence-electron chi connectivity index (χ1n) is 9.55. The van der Waals surface area contributed by atoms with Gasteiger partial charge in [0.05, 0.1) is 25.4 Å². The molecular weight excluding hydrogens is 427 g/mol. The molecule has 0 bridgehead atoms. The summed E-state index contributed by atoms with van der Waals surface area (Å²) in [5.74, 6) is 0.561. The monoisotopic (exact) mass is 446 g/mol. The number of halogens is 1. The summed E-state index contributed by atoms with van der Waals surface area (Å²) in [7, 11) is 0. The highest BCUT2D eigenvalue weighted by Gasteiger charge is 2.24. The standard InChI is InChI=1S/C21H19FN2O4S2/c1-2-30-24-5-8-27-18-10-15(22)13(9-16(18)24)14-12-29-21-17(25)11-19(28-20(14)21)23-3-6-26-7-4-23/h2,9-12H,1,3-8H2. The van der Waals surface area contributed by atoms with Crippen molar-refractivity contribution in [3.05, 3.63) is 51.6 Å². The van der Waals surface area contributed by atoms with Crippen LogP contribution in [0.2, 0.25) is 0 Å². The molecule has 1 aromatic carbocycles. The van der Waals surface area contributed by atoms with Crippen molar-refractivity contribution in [1.29, 1.82) is 0 Å². The van der Waals surface area contributed by atoms with Crippen molar-refractivity contribution in [2.24, 2.45) is 0 Å². The normalized spacial score (nSPS) is 16.4. The smallest absolute Gasteiger partial charge is 0.204 e. The van der Waals surface area contributed by atoms with Crippen LogP contribution in [0.15, 0.2) is 44.8 Å². The van der Waals surface area contributed by atoms with Crippen molar-refractivity contribution in [3.63, 3.8) is 0 Å². The van der Waals surface area contributed by atoms with E-state index < -0.39 is 5.82 Å². The average Bonchev–Trinajstić information content (AvgIpc) is 3.19. The molecule has 2 aliphatic heterocycles. The molecule has 3 aromatic rings. The van der Waals surface area contributed by atoms with Gasteiger partial charge in [-0.05, 0) is 23.4 Å². The quantitative estimate of drug-likeness (QED) is 0.548. The molecule has 2 aliphatic rings. The Bertz CT molecular complexity index is 1170. The number of thiophene rings is 1. The molecule has 2 aromatic heterocycles. The number of nitrogens with zero attached hydrogens (tertiary/aromatic N) is 2. The molecule has 0 saturated carbocycles. The van der Waals surface area contributed by atoms with Gasteiger partial charge in [0.25, 0.3) is 0 Å². The fourth-order valence-corrected chi connectivity index (χ4v) is 5.19. The van der Waals surface area contributed by atoms with Gasteiger partial charge in [-0.2, -0.15) is 0 Å². The summed E-state index contributed by atoms with van der Waals surface area (Å²) in [6.07, 6.45) is 0. The van der Waals surface area contributed by atoms with E-state index in [9.17, 15) is 4.79 Å². The Hall–Kier alpha value is -2.49. The van der Waals surface area contributed by atoms with E-state index in [2.05, 4.69) is 6.58 Å². The SMILES string of the molecule is C=CSN1CCOc2cc(F)c(-c3csc4c(=O)cc(N5CCOCC5)oc34)cc21. The highest BCUT2D eigenvalue weighted by molar-refractivity contribution is 8.03. The van der Waals surface area contributed by atoms with Gasteiger partial charge in [-0.1, -0.05) is 6.58 Å². The third kappa shape index (κ3) is 3.36. The molecule has 6 nitrogen and oxygen atoms in total. The van der Waals surface area contributed by atoms with Gasteiger partial charge >= 0.3 is 0 Å². The molecule has 156 valence electrons. The zero-order valence-corrected chi connectivity index (χ0v) is 17.7. The second kappa shape index (κ2) is 7.98. The Labute approximate surface area is 180 Å². The van der Waals surface area contributed by atoms with Crippen LogP contribution in [0.25, 0.3) is 21.4 Å². The Morgan fingerprint density at radius 2 is 1.97 bits per heavy atom. The van der Waals surface area contributed by atoms with Gasteiger partial charge in [0, 0.05) is 41.7 Å². The summed E-state index contributed by atoms with van der Waals surface area (Å²) >= 11 is 2.71. The van der Waals surface area contributed by atoms with E-state index in [0.29, 0.717) is 72.5 Å². The van der Waals surface area contributed by atoms with E-state index in [1.807, 2.05) is 9.21 Å². The molecule has 0 aliphatic carbocycles. The van der Waals surface area contributed by atoms with Crippen LogP contribution in [0.5, 0.6) is 5.75 Å². The predicted octanol–water partition coefficient (Wildman–Crippen LogP) is 4.49. The van der Waals surface area contributed by atoms with Crippen LogP contribution in [0.4, 0.5) is 16.0 Å². The van der Waals surface area contributed by atoms with Crippen LogP contribution in [0.3, 0.4) is 0 Å². The summed E-state index contributed by atoms with van der Waals surface area (Å²) in [6.45, 7) is 7.35. The molecule has 5 rings (SSSR count).